The van der Waals surface area contributed by atoms with E-state index in [0.29, 0.717) is 0 Å². The van der Waals surface area contributed by atoms with Crippen molar-refractivity contribution < 1.29 is 0 Å². The van der Waals surface area contributed by atoms with Crippen LogP contribution in [0.2, 0.25) is 0 Å². The van der Waals surface area contributed by atoms with Crippen molar-refractivity contribution in [2.45, 2.75) is 52.4 Å². The standard InChI is InChI=1S/C11H20/c1-3-9-8-10(4-2)11(9)6-5-7-11/h9-10H,3-8H2,1-2H3. The van der Waals surface area contributed by atoms with Gasteiger partial charge < -0.3 is 0 Å². The molecule has 2 aliphatic carbocycles. The predicted molar refractivity (Wildman–Crippen MR) is 48.5 cm³/mol. The van der Waals surface area contributed by atoms with E-state index in [1.807, 2.05) is 0 Å². The molecule has 2 atom stereocenters. The molecule has 0 aromatic rings. The Morgan fingerprint density at radius 2 is 1.64 bits per heavy atom. The topological polar surface area (TPSA) is 0 Å². The SMILES string of the molecule is CCC1CC(CC)C12CCC2. The van der Waals surface area contributed by atoms with E-state index in [9.17, 15) is 0 Å². The van der Waals surface area contributed by atoms with Crippen molar-refractivity contribution in [1.82, 2.24) is 0 Å². The van der Waals surface area contributed by atoms with Gasteiger partial charge in [0, 0.05) is 0 Å². The Morgan fingerprint density at radius 3 is 1.91 bits per heavy atom. The molecule has 1 spiro atoms. The van der Waals surface area contributed by atoms with E-state index < -0.39 is 0 Å². The molecule has 0 heterocycles. The molecule has 0 radical (unpaired) electrons. The highest BCUT2D eigenvalue weighted by Gasteiger charge is 2.55. The second kappa shape index (κ2) is 2.50. The van der Waals surface area contributed by atoms with E-state index in [4.69, 9.17) is 0 Å². The highest BCUT2D eigenvalue weighted by Crippen LogP contribution is 2.65. The van der Waals surface area contributed by atoms with Crippen molar-refractivity contribution in [3.63, 3.8) is 0 Å². The van der Waals surface area contributed by atoms with Gasteiger partial charge in [0.15, 0.2) is 0 Å². The third-order valence-electron chi connectivity index (χ3n) is 4.47. The van der Waals surface area contributed by atoms with E-state index in [1.165, 1.54) is 19.3 Å². The molecule has 64 valence electrons. The zero-order valence-corrected chi connectivity index (χ0v) is 7.90. The lowest BCUT2D eigenvalue weighted by Crippen LogP contribution is -2.53. The summed E-state index contributed by atoms with van der Waals surface area (Å²) < 4.78 is 0. The smallest absolute Gasteiger partial charge is 0.0241 e. The van der Waals surface area contributed by atoms with E-state index in [0.717, 1.165) is 17.3 Å². The number of hydrogen-bond acceptors (Lipinski definition) is 0. The van der Waals surface area contributed by atoms with E-state index >= 15 is 0 Å². The normalized spacial score (nSPS) is 39.8. The fraction of sp³-hybridized carbons (Fsp3) is 1.00. The monoisotopic (exact) mass is 152 g/mol. The largest absolute Gasteiger partial charge is 0.0651 e. The summed E-state index contributed by atoms with van der Waals surface area (Å²) in [6.07, 6.45) is 9.07. The van der Waals surface area contributed by atoms with Crippen molar-refractivity contribution in [3.8, 4) is 0 Å². The lowest BCUT2D eigenvalue weighted by atomic mass is 9.43. The molecule has 0 bridgehead atoms. The lowest BCUT2D eigenvalue weighted by molar-refractivity contribution is -0.121. The minimum absolute atomic E-state index is 0.878. The van der Waals surface area contributed by atoms with E-state index in [2.05, 4.69) is 13.8 Å². The maximum atomic E-state index is 2.37. The van der Waals surface area contributed by atoms with E-state index in [1.54, 1.807) is 19.3 Å². The van der Waals surface area contributed by atoms with Crippen LogP contribution in [0.3, 0.4) is 0 Å². The molecule has 2 aliphatic rings. The third-order valence-corrected chi connectivity index (χ3v) is 4.47. The van der Waals surface area contributed by atoms with Gasteiger partial charge >= 0.3 is 0 Å². The maximum Gasteiger partial charge on any atom is -0.0241 e. The molecule has 0 aromatic heterocycles. The summed E-state index contributed by atoms with van der Waals surface area (Å²) in [5.74, 6) is 2.22. The molecule has 0 nitrogen and oxygen atoms in total. The van der Waals surface area contributed by atoms with Crippen LogP contribution in [0.25, 0.3) is 0 Å². The third kappa shape index (κ3) is 0.816. The van der Waals surface area contributed by atoms with Crippen molar-refractivity contribution in [3.05, 3.63) is 0 Å². The van der Waals surface area contributed by atoms with Gasteiger partial charge in [-0.05, 0) is 36.5 Å². The molecule has 2 unspecified atom stereocenters. The summed E-state index contributed by atoms with van der Waals surface area (Å²) in [4.78, 5) is 0. The Morgan fingerprint density at radius 1 is 1.09 bits per heavy atom. The highest BCUT2D eigenvalue weighted by atomic mass is 14.6. The van der Waals surface area contributed by atoms with Gasteiger partial charge in [0.25, 0.3) is 0 Å². The average molecular weight is 152 g/mol. The van der Waals surface area contributed by atoms with Gasteiger partial charge in [0.05, 0.1) is 0 Å². The number of rotatable bonds is 2. The average Bonchev–Trinajstić information content (AvgIpc) is 1.84. The minimum atomic E-state index is 0.878. The summed E-state index contributed by atoms with van der Waals surface area (Å²) in [5, 5.41) is 0. The Labute approximate surface area is 70.4 Å². The molecule has 0 N–H and O–H groups in total. The van der Waals surface area contributed by atoms with Crippen LogP contribution in [-0.2, 0) is 0 Å². The summed E-state index contributed by atoms with van der Waals surface area (Å²) in [6, 6.07) is 0. The van der Waals surface area contributed by atoms with E-state index in [-0.39, 0.29) is 0 Å². The van der Waals surface area contributed by atoms with Gasteiger partial charge in [-0.15, -0.1) is 0 Å². The van der Waals surface area contributed by atoms with Crippen LogP contribution in [0, 0.1) is 17.3 Å². The van der Waals surface area contributed by atoms with Crippen LogP contribution in [0.4, 0.5) is 0 Å². The molecule has 0 aromatic carbocycles. The van der Waals surface area contributed by atoms with Crippen LogP contribution >= 0.6 is 0 Å². The summed E-state index contributed by atoms with van der Waals surface area (Å²) in [5.41, 5.74) is 0.878. The van der Waals surface area contributed by atoms with Crippen LogP contribution in [-0.4, -0.2) is 0 Å². The first-order valence-corrected chi connectivity index (χ1v) is 5.33. The Kier molecular flexibility index (Phi) is 1.74. The first-order valence-electron chi connectivity index (χ1n) is 5.33. The summed E-state index contributed by atoms with van der Waals surface area (Å²) >= 11 is 0. The number of hydrogen-bond donors (Lipinski definition) is 0. The van der Waals surface area contributed by atoms with Crippen LogP contribution in [0.15, 0.2) is 0 Å². The molecule has 0 saturated heterocycles. The highest BCUT2D eigenvalue weighted by molar-refractivity contribution is 5.05. The molecule has 2 rings (SSSR count). The fourth-order valence-corrected chi connectivity index (χ4v) is 3.53. The first-order chi connectivity index (χ1) is 5.33. The summed E-state index contributed by atoms with van der Waals surface area (Å²) in [6.45, 7) is 4.74. The molecule has 2 fully saturated rings. The van der Waals surface area contributed by atoms with Gasteiger partial charge in [0.1, 0.15) is 0 Å². The molecule has 0 aliphatic heterocycles. The molecule has 0 heteroatoms. The molecule has 2 saturated carbocycles. The van der Waals surface area contributed by atoms with Gasteiger partial charge in [-0.25, -0.2) is 0 Å². The van der Waals surface area contributed by atoms with Crippen LogP contribution in [0.5, 0.6) is 0 Å². The molecule has 11 heavy (non-hydrogen) atoms. The van der Waals surface area contributed by atoms with Gasteiger partial charge in [-0.3, -0.25) is 0 Å². The Balaban J connectivity index is 2.01. The molecular weight excluding hydrogens is 132 g/mol. The predicted octanol–water partition coefficient (Wildman–Crippen LogP) is 3.61. The van der Waals surface area contributed by atoms with Gasteiger partial charge in [0.2, 0.25) is 0 Å². The lowest BCUT2D eigenvalue weighted by Gasteiger charge is -2.62. The van der Waals surface area contributed by atoms with Crippen LogP contribution < -0.4 is 0 Å². The Hall–Kier alpha value is 0. The zero-order valence-electron chi connectivity index (χ0n) is 7.90. The molecule has 0 amide bonds. The zero-order chi connectivity index (χ0) is 7.90. The maximum absolute atomic E-state index is 2.37. The second-order valence-electron chi connectivity index (χ2n) is 4.53. The summed E-state index contributed by atoms with van der Waals surface area (Å²) in [7, 11) is 0. The minimum Gasteiger partial charge on any atom is -0.0651 e. The van der Waals surface area contributed by atoms with Crippen molar-refractivity contribution in [2.75, 3.05) is 0 Å². The fourth-order valence-electron chi connectivity index (χ4n) is 3.53. The molecular formula is C11H20. The van der Waals surface area contributed by atoms with Crippen molar-refractivity contribution in [2.24, 2.45) is 17.3 Å². The quantitative estimate of drug-likeness (QED) is 0.567. The first kappa shape index (κ1) is 7.64. The van der Waals surface area contributed by atoms with Gasteiger partial charge in [-0.2, -0.15) is 0 Å². The Bertz CT molecular complexity index is 132. The van der Waals surface area contributed by atoms with Gasteiger partial charge in [-0.1, -0.05) is 33.1 Å². The second-order valence-corrected chi connectivity index (χ2v) is 4.53. The van der Waals surface area contributed by atoms with Crippen molar-refractivity contribution >= 4 is 0 Å². The van der Waals surface area contributed by atoms with Crippen LogP contribution in [0.1, 0.15) is 52.4 Å². The van der Waals surface area contributed by atoms with Crippen molar-refractivity contribution in [1.29, 1.82) is 0 Å².